The summed E-state index contributed by atoms with van der Waals surface area (Å²) in [7, 11) is -3.52. The molecule has 0 spiro atoms. The van der Waals surface area contributed by atoms with Crippen LogP contribution in [0.5, 0.6) is 0 Å². The third-order valence-electron chi connectivity index (χ3n) is 5.24. The minimum absolute atomic E-state index is 0.0872. The molecule has 4 rings (SSSR count). The van der Waals surface area contributed by atoms with Crippen LogP contribution in [0.2, 0.25) is 0 Å². The highest BCUT2D eigenvalue weighted by atomic mass is 32.2. The summed E-state index contributed by atoms with van der Waals surface area (Å²) in [4.78, 5) is 12.7. The molecule has 0 bridgehead atoms. The van der Waals surface area contributed by atoms with Gasteiger partial charge in [0.05, 0.1) is 4.90 Å². The number of aromatic nitrogens is 1. The average Bonchev–Trinajstić information content (AvgIpc) is 3.39. The van der Waals surface area contributed by atoms with Crippen molar-refractivity contribution in [2.75, 3.05) is 6.54 Å². The largest absolute Gasteiger partial charge is 0.360 e. The van der Waals surface area contributed by atoms with Gasteiger partial charge in [-0.2, -0.15) is 4.31 Å². The number of sulfonamides is 1. The molecule has 7 nitrogen and oxygen atoms in total. The number of carbonyl (C=O) groups is 1. The van der Waals surface area contributed by atoms with E-state index in [1.54, 1.807) is 36.4 Å². The molecule has 2 heterocycles. The Hall–Kier alpha value is -2.19. The fourth-order valence-electron chi connectivity index (χ4n) is 3.58. The third kappa shape index (κ3) is 3.77. The van der Waals surface area contributed by atoms with Crippen molar-refractivity contribution in [2.24, 2.45) is 0 Å². The van der Waals surface area contributed by atoms with Gasteiger partial charge in [0.2, 0.25) is 10.0 Å². The lowest BCUT2D eigenvalue weighted by molar-refractivity contribution is 0.0905. The highest BCUT2D eigenvalue weighted by molar-refractivity contribution is 7.89. The summed E-state index contributed by atoms with van der Waals surface area (Å²) in [6.45, 7) is 2.25. The van der Waals surface area contributed by atoms with E-state index >= 15 is 0 Å². The topological polar surface area (TPSA) is 92.5 Å². The van der Waals surface area contributed by atoms with E-state index < -0.39 is 10.0 Å². The summed E-state index contributed by atoms with van der Waals surface area (Å²) < 4.78 is 32.4. The molecule has 0 unspecified atom stereocenters. The van der Waals surface area contributed by atoms with Crippen molar-refractivity contribution in [3.63, 3.8) is 0 Å². The molecule has 1 amide bonds. The number of hydrogen-bond donors (Lipinski definition) is 1. The molecule has 1 aliphatic heterocycles. The van der Waals surface area contributed by atoms with Crippen molar-refractivity contribution in [3.8, 4) is 0 Å². The van der Waals surface area contributed by atoms with Crippen molar-refractivity contribution < 1.29 is 17.7 Å². The second kappa shape index (κ2) is 7.09. The number of benzene rings is 1. The van der Waals surface area contributed by atoms with E-state index in [0.29, 0.717) is 35.9 Å². The zero-order chi connectivity index (χ0) is 19.0. The maximum Gasteiger partial charge on any atom is 0.273 e. The molecule has 0 radical (unpaired) electrons. The Labute approximate surface area is 158 Å². The van der Waals surface area contributed by atoms with Crippen LogP contribution in [0.1, 0.15) is 54.8 Å². The van der Waals surface area contributed by atoms with E-state index in [-0.39, 0.29) is 18.0 Å². The van der Waals surface area contributed by atoms with Gasteiger partial charge in [-0.05, 0) is 44.7 Å². The van der Waals surface area contributed by atoms with Gasteiger partial charge in [0, 0.05) is 30.6 Å². The van der Waals surface area contributed by atoms with E-state index in [1.165, 1.54) is 4.31 Å². The lowest BCUT2D eigenvalue weighted by Gasteiger charge is -2.36. The average molecular weight is 389 g/mol. The second-order valence-electron chi connectivity index (χ2n) is 7.36. The Bertz CT molecular complexity index is 921. The van der Waals surface area contributed by atoms with Crippen molar-refractivity contribution in [1.29, 1.82) is 0 Å². The van der Waals surface area contributed by atoms with Gasteiger partial charge in [-0.3, -0.25) is 4.79 Å². The highest BCUT2D eigenvalue weighted by Gasteiger charge is 2.35. The van der Waals surface area contributed by atoms with Crippen LogP contribution in [0, 0.1) is 0 Å². The first-order chi connectivity index (χ1) is 12.9. The van der Waals surface area contributed by atoms with Crippen LogP contribution in [0.3, 0.4) is 0 Å². The lowest BCUT2D eigenvalue weighted by atomic mass is 10.0. The first kappa shape index (κ1) is 18.2. The maximum atomic E-state index is 12.8. The molecule has 27 heavy (non-hydrogen) atoms. The summed E-state index contributed by atoms with van der Waals surface area (Å²) in [5.74, 6) is 0.921. The summed E-state index contributed by atoms with van der Waals surface area (Å²) in [5.41, 5.74) is 0.295. The molecule has 1 saturated heterocycles. The van der Waals surface area contributed by atoms with Crippen molar-refractivity contribution >= 4 is 15.9 Å². The van der Waals surface area contributed by atoms with Gasteiger partial charge in [-0.1, -0.05) is 23.4 Å². The number of rotatable bonds is 5. The molecule has 2 fully saturated rings. The molecule has 8 heteroatoms. The summed E-state index contributed by atoms with van der Waals surface area (Å²) in [6.07, 6.45) is 3.30. The fraction of sp³-hybridized carbons (Fsp3) is 0.474. The van der Waals surface area contributed by atoms with Crippen LogP contribution in [-0.2, 0) is 10.0 Å². The summed E-state index contributed by atoms with van der Waals surface area (Å²) >= 11 is 0. The number of nitrogens with zero attached hydrogens (tertiary/aromatic N) is 2. The van der Waals surface area contributed by atoms with Gasteiger partial charge in [-0.25, -0.2) is 8.42 Å². The predicted molar refractivity (Wildman–Crippen MR) is 98.8 cm³/mol. The van der Waals surface area contributed by atoms with Gasteiger partial charge in [0.15, 0.2) is 5.69 Å². The summed E-state index contributed by atoms with van der Waals surface area (Å²) in [6, 6.07) is 9.88. The van der Waals surface area contributed by atoms with Crippen molar-refractivity contribution in [3.05, 3.63) is 47.9 Å². The Morgan fingerprint density at radius 2 is 1.96 bits per heavy atom. The first-order valence-corrected chi connectivity index (χ1v) is 10.7. The van der Waals surface area contributed by atoms with Crippen LogP contribution in [0.4, 0.5) is 0 Å². The molecule has 2 aromatic rings. The minimum Gasteiger partial charge on any atom is -0.360 e. The monoisotopic (exact) mass is 389 g/mol. The number of amides is 1. The molecular weight excluding hydrogens is 366 g/mol. The highest BCUT2D eigenvalue weighted by Crippen LogP contribution is 2.40. The van der Waals surface area contributed by atoms with Crippen molar-refractivity contribution in [1.82, 2.24) is 14.8 Å². The molecule has 1 aliphatic carbocycles. The van der Waals surface area contributed by atoms with E-state index in [0.717, 1.165) is 18.6 Å². The van der Waals surface area contributed by atoms with Crippen LogP contribution < -0.4 is 5.32 Å². The Morgan fingerprint density at radius 1 is 1.22 bits per heavy atom. The smallest absolute Gasteiger partial charge is 0.273 e. The van der Waals surface area contributed by atoms with Crippen LogP contribution in [-0.4, -0.2) is 42.4 Å². The maximum absolute atomic E-state index is 12.8. The van der Waals surface area contributed by atoms with E-state index in [2.05, 4.69) is 10.5 Å². The van der Waals surface area contributed by atoms with Crippen molar-refractivity contribution in [2.45, 2.75) is 55.5 Å². The Morgan fingerprint density at radius 3 is 2.63 bits per heavy atom. The molecule has 2 aliphatic rings. The standard InChI is InChI=1S/C19H23N3O4S/c1-13-11-15(20-19(23)17-12-18(26-21-17)14-7-8-14)9-10-22(13)27(24,25)16-5-3-2-4-6-16/h2-6,12-15H,7-11H2,1H3,(H,20,23)/t13-,15+/m0/s1. The van der Waals surface area contributed by atoms with Crippen LogP contribution in [0.15, 0.2) is 45.8 Å². The molecule has 144 valence electrons. The minimum atomic E-state index is -3.52. The number of hydrogen-bond acceptors (Lipinski definition) is 5. The molecule has 2 atom stereocenters. The SMILES string of the molecule is C[C@H]1C[C@H](NC(=O)c2cc(C3CC3)on2)CCN1S(=O)(=O)c1ccccc1. The molecule has 1 N–H and O–H groups in total. The molecular formula is C19H23N3O4S. The zero-order valence-corrected chi connectivity index (χ0v) is 16.0. The Kier molecular flexibility index (Phi) is 4.77. The lowest BCUT2D eigenvalue weighted by Crippen LogP contribution is -2.50. The zero-order valence-electron chi connectivity index (χ0n) is 15.2. The van der Waals surface area contributed by atoms with Gasteiger partial charge in [0.25, 0.3) is 5.91 Å². The van der Waals surface area contributed by atoms with Gasteiger partial charge in [0.1, 0.15) is 5.76 Å². The van der Waals surface area contributed by atoms with E-state index in [9.17, 15) is 13.2 Å². The van der Waals surface area contributed by atoms with Gasteiger partial charge in [-0.15, -0.1) is 0 Å². The first-order valence-electron chi connectivity index (χ1n) is 9.29. The summed E-state index contributed by atoms with van der Waals surface area (Å²) in [5, 5.41) is 6.83. The quantitative estimate of drug-likeness (QED) is 0.848. The number of carbonyl (C=O) groups excluding carboxylic acids is 1. The third-order valence-corrected chi connectivity index (χ3v) is 7.27. The number of piperidine rings is 1. The van der Waals surface area contributed by atoms with Crippen LogP contribution >= 0.6 is 0 Å². The van der Waals surface area contributed by atoms with Crippen LogP contribution in [0.25, 0.3) is 0 Å². The second-order valence-corrected chi connectivity index (χ2v) is 9.25. The van der Waals surface area contributed by atoms with E-state index in [1.807, 2.05) is 6.92 Å². The molecule has 1 aromatic heterocycles. The number of nitrogens with one attached hydrogen (secondary N) is 1. The van der Waals surface area contributed by atoms with Gasteiger partial charge >= 0.3 is 0 Å². The molecule has 1 aromatic carbocycles. The predicted octanol–water partition coefficient (Wildman–Crippen LogP) is 2.52. The Balaban J connectivity index is 1.38. The molecule has 1 saturated carbocycles. The fourth-order valence-corrected chi connectivity index (χ4v) is 5.26. The van der Waals surface area contributed by atoms with Gasteiger partial charge < -0.3 is 9.84 Å². The normalized spacial score (nSPS) is 23.9. The van der Waals surface area contributed by atoms with E-state index in [4.69, 9.17) is 4.52 Å².